The number of rotatable bonds is 3. The zero-order chi connectivity index (χ0) is 12.3. The van der Waals surface area contributed by atoms with Gasteiger partial charge in [0.15, 0.2) is 0 Å². The summed E-state index contributed by atoms with van der Waals surface area (Å²) in [5.41, 5.74) is 4.49. The van der Waals surface area contributed by atoms with E-state index in [4.69, 9.17) is 11.6 Å². The molecule has 84 valence electrons. The molecule has 17 heavy (non-hydrogen) atoms. The molecule has 0 saturated heterocycles. The smallest absolute Gasteiger partial charge is 0.0406 e. The molecule has 2 rings (SSSR count). The lowest BCUT2D eigenvalue weighted by molar-refractivity contribution is 1.57. The molecule has 0 radical (unpaired) electrons. The second-order valence-electron chi connectivity index (χ2n) is 3.76. The highest BCUT2D eigenvalue weighted by atomic mass is 35.5. The van der Waals surface area contributed by atoms with E-state index in [-0.39, 0.29) is 0 Å². The molecule has 0 atom stereocenters. The SMILES string of the molecule is C=Cc1ccc(-c2ccc(Cl)cc2)cc1C=C. The van der Waals surface area contributed by atoms with Crippen molar-refractivity contribution in [1.82, 2.24) is 0 Å². The molecule has 0 bridgehead atoms. The van der Waals surface area contributed by atoms with Gasteiger partial charge < -0.3 is 0 Å². The monoisotopic (exact) mass is 240 g/mol. The molecule has 0 heterocycles. The molecule has 2 aromatic rings. The first-order valence-corrected chi connectivity index (χ1v) is 5.77. The summed E-state index contributed by atoms with van der Waals surface area (Å²) in [5.74, 6) is 0. The Morgan fingerprint density at radius 3 is 1.94 bits per heavy atom. The van der Waals surface area contributed by atoms with Crippen LogP contribution in [0, 0.1) is 0 Å². The summed E-state index contributed by atoms with van der Waals surface area (Å²) in [7, 11) is 0. The number of hydrogen-bond donors (Lipinski definition) is 0. The Bertz CT molecular complexity index is 550. The van der Waals surface area contributed by atoms with E-state index in [0.29, 0.717) is 0 Å². The second kappa shape index (κ2) is 5.03. The van der Waals surface area contributed by atoms with Crippen LogP contribution >= 0.6 is 11.6 Å². The van der Waals surface area contributed by atoms with E-state index in [1.807, 2.05) is 42.5 Å². The highest BCUT2D eigenvalue weighted by Crippen LogP contribution is 2.25. The molecule has 0 spiro atoms. The van der Waals surface area contributed by atoms with E-state index >= 15 is 0 Å². The molecular formula is C16H13Cl. The van der Waals surface area contributed by atoms with Gasteiger partial charge in [-0.05, 0) is 40.5 Å². The largest absolute Gasteiger partial charge is 0.0984 e. The predicted molar refractivity (Wildman–Crippen MR) is 77.1 cm³/mol. The fraction of sp³-hybridized carbons (Fsp3) is 0. The molecule has 2 aromatic carbocycles. The number of hydrogen-bond acceptors (Lipinski definition) is 0. The molecular weight excluding hydrogens is 228 g/mol. The Balaban J connectivity index is 2.49. The van der Waals surface area contributed by atoms with Crippen molar-refractivity contribution in [3.8, 4) is 11.1 Å². The maximum absolute atomic E-state index is 5.88. The van der Waals surface area contributed by atoms with Crippen LogP contribution in [0.3, 0.4) is 0 Å². The minimum atomic E-state index is 0.750. The molecule has 0 saturated carbocycles. The third kappa shape index (κ3) is 2.48. The normalized spacial score (nSPS) is 9.94. The third-order valence-electron chi connectivity index (χ3n) is 2.70. The molecule has 0 unspecified atom stereocenters. The summed E-state index contributed by atoms with van der Waals surface area (Å²) in [6, 6.07) is 14.0. The van der Waals surface area contributed by atoms with Gasteiger partial charge in [-0.1, -0.05) is 61.2 Å². The maximum Gasteiger partial charge on any atom is 0.0406 e. The fourth-order valence-corrected chi connectivity index (χ4v) is 1.89. The van der Waals surface area contributed by atoms with Crippen molar-refractivity contribution in [1.29, 1.82) is 0 Å². The van der Waals surface area contributed by atoms with Crippen LogP contribution in [-0.4, -0.2) is 0 Å². The van der Waals surface area contributed by atoms with Gasteiger partial charge in [0.05, 0.1) is 0 Å². The van der Waals surface area contributed by atoms with Gasteiger partial charge >= 0.3 is 0 Å². The molecule has 0 aliphatic heterocycles. The van der Waals surface area contributed by atoms with Crippen molar-refractivity contribution in [2.75, 3.05) is 0 Å². The minimum Gasteiger partial charge on any atom is -0.0984 e. The highest BCUT2D eigenvalue weighted by molar-refractivity contribution is 6.30. The molecule has 0 aromatic heterocycles. The quantitative estimate of drug-likeness (QED) is 0.684. The highest BCUT2D eigenvalue weighted by Gasteiger charge is 2.01. The number of halogens is 1. The predicted octanol–water partition coefficient (Wildman–Crippen LogP) is 5.29. The van der Waals surface area contributed by atoms with E-state index in [1.54, 1.807) is 0 Å². The zero-order valence-corrected chi connectivity index (χ0v) is 10.2. The van der Waals surface area contributed by atoms with Crippen molar-refractivity contribution in [2.24, 2.45) is 0 Å². The van der Waals surface area contributed by atoms with Gasteiger partial charge in [0.2, 0.25) is 0 Å². The first-order valence-electron chi connectivity index (χ1n) is 5.39. The minimum absolute atomic E-state index is 0.750. The van der Waals surface area contributed by atoms with E-state index in [1.165, 1.54) is 0 Å². The van der Waals surface area contributed by atoms with E-state index in [2.05, 4.69) is 25.3 Å². The Morgan fingerprint density at radius 1 is 0.765 bits per heavy atom. The Hall–Kier alpha value is -1.79. The number of benzene rings is 2. The van der Waals surface area contributed by atoms with Crippen LogP contribution in [0.25, 0.3) is 23.3 Å². The Morgan fingerprint density at radius 2 is 1.35 bits per heavy atom. The first kappa shape index (κ1) is 11.7. The van der Waals surface area contributed by atoms with E-state index < -0.39 is 0 Å². The van der Waals surface area contributed by atoms with Gasteiger partial charge in [-0.15, -0.1) is 0 Å². The topological polar surface area (TPSA) is 0 Å². The summed E-state index contributed by atoms with van der Waals surface area (Å²) >= 11 is 5.88. The van der Waals surface area contributed by atoms with Crippen LogP contribution in [0.15, 0.2) is 55.6 Å². The summed E-state index contributed by atoms with van der Waals surface area (Å²) in [5, 5.41) is 0.750. The maximum atomic E-state index is 5.88. The zero-order valence-electron chi connectivity index (χ0n) is 9.49. The lowest BCUT2D eigenvalue weighted by Crippen LogP contribution is -1.83. The molecule has 0 nitrogen and oxygen atoms in total. The second-order valence-corrected chi connectivity index (χ2v) is 4.20. The van der Waals surface area contributed by atoms with Crippen molar-refractivity contribution < 1.29 is 0 Å². The van der Waals surface area contributed by atoms with Crippen molar-refractivity contribution in [3.63, 3.8) is 0 Å². The van der Waals surface area contributed by atoms with Gasteiger partial charge in [0.25, 0.3) is 0 Å². The van der Waals surface area contributed by atoms with Crippen LogP contribution < -0.4 is 0 Å². The van der Waals surface area contributed by atoms with Crippen LogP contribution in [0.5, 0.6) is 0 Å². The van der Waals surface area contributed by atoms with Crippen molar-refractivity contribution in [3.05, 3.63) is 71.8 Å². The van der Waals surface area contributed by atoms with Crippen molar-refractivity contribution in [2.45, 2.75) is 0 Å². The summed E-state index contributed by atoms with van der Waals surface area (Å²) in [4.78, 5) is 0. The standard InChI is InChI=1S/C16H13Cl/c1-3-12-5-6-15(11-13(12)4-2)14-7-9-16(17)10-8-14/h3-11H,1-2H2. The first-order chi connectivity index (χ1) is 8.24. The van der Waals surface area contributed by atoms with Crippen molar-refractivity contribution >= 4 is 23.8 Å². The molecule has 0 amide bonds. The molecule has 0 aliphatic rings. The molecule has 0 fully saturated rings. The lowest BCUT2D eigenvalue weighted by Gasteiger charge is -2.06. The third-order valence-corrected chi connectivity index (χ3v) is 2.96. The Labute approximate surface area is 107 Å². The van der Waals surface area contributed by atoms with E-state index in [9.17, 15) is 0 Å². The van der Waals surface area contributed by atoms with Gasteiger partial charge in [-0.3, -0.25) is 0 Å². The van der Waals surface area contributed by atoms with Gasteiger partial charge in [-0.25, -0.2) is 0 Å². The summed E-state index contributed by atoms with van der Waals surface area (Å²) < 4.78 is 0. The van der Waals surface area contributed by atoms with Crippen LogP contribution in [-0.2, 0) is 0 Å². The van der Waals surface area contributed by atoms with Crippen LogP contribution in [0.1, 0.15) is 11.1 Å². The average molecular weight is 241 g/mol. The molecule has 1 heteroatoms. The Kier molecular flexibility index (Phi) is 3.46. The summed E-state index contributed by atoms with van der Waals surface area (Å²) in [6.45, 7) is 7.61. The molecule has 0 aliphatic carbocycles. The van der Waals surface area contributed by atoms with Crippen LogP contribution in [0.4, 0.5) is 0 Å². The lowest BCUT2D eigenvalue weighted by atomic mass is 9.99. The van der Waals surface area contributed by atoms with E-state index in [0.717, 1.165) is 27.3 Å². The summed E-state index contributed by atoms with van der Waals surface area (Å²) in [6.07, 6.45) is 3.68. The fourth-order valence-electron chi connectivity index (χ4n) is 1.76. The van der Waals surface area contributed by atoms with Gasteiger partial charge in [0.1, 0.15) is 0 Å². The van der Waals surface area contributed by atoms with Gasteiger partial charge in [0, 0.05) is 5.02 Å². The molecule has 0 N–H and O–H groups in total. The van der Waals surface area contributed by atoms with Gasteiger partial charge in [-0.2, -0.15) is 0 Å². The average Bonchev–Trinajstić information content (AvgIpc) is 2.39. The van der Waals surface area contributed by atoms with Crippen LogP contribution in [0.2, 0.25) is 5.02 Å².